The van der Waals surface area contributed by atoms with Crippen molar-refractivity contribution in [2.75, 3.05) is 10.6 Å². The van der Waals surface area contributed by atoms with Gasteiger partial charge in [0.15, 0.2) is 5.65 Å². The van der Waals surface area contributed by atoms with E-state index in [1.54, 1.807) is 35.0 Å². The number of urea groups is 1. The smallest absolute Gasteiger partial charge is 0.319 e. The van der Waals surface area contributed by atoms with Crippen LogP contribution >= 0.6 is 0 Å². The Bertz CT molecular complexity index is 1330. The van der Waals surface area contributed by atoms with E-state index < -0.39 is 0 Å². The summed E-state index contributed by atoms with van der Waals surface area (Å²) in [6.07, 6.45) is 0. The van der Waals surface area contributed by atoms with Crippen molar-refractivity contribution in [3.05, 3.63) is 71.9 Å². The number of carbonyl (C=O) groups excluding carboxylic acids is 2. The number of amides is 3. The lowest BCUT2D eigenvalue weighted by molar-refractivity contribution is 0.102. The maximum Gasteiger partial charge on any atom is 0.319 e. The summed E-state index contributed by atoms with van der Waals surface area (Å²) >= 11 is 0. The highest BCUT2D eigenvalue weighted by atomic mass is 16.2. The van der Waals surface area contributed by atoms with Crippen LogP contribution in [0, 0.1) is 6.92 Å². The highest BCUT2D eigenvalue weighted by Crippen LogP contribution is 2.28. The molecule has 168 valence electrons. The van der Waals surface area contributed by atoms with Crippen LogP contribution < -0.4 is 16.0 Å². The molecule has 3 N–H and O–H groups in total. The number of pyridine rings is 1. The number of nitrogens with zero attached hydrogens (tertiary/aromatic N) is 3. The van der Waals surface area contributed by atoms with Crippen molar-refractivity contribution in [1.29, 1.82) is 0 Å². The normalized spacial score (nSPS) is 10.9. The fraction of sp³-hybridized carbons (Fsp3) is 0.200. The van der Waals surface area contributed by atoms with Crippen LogP contribution in [-0.4, -0.2) is 32.7 Å². The quantitative estimate of drug-likeness (QED) is 0.416. The first-order chi connectivity index (χ1) is 15.8. The van der Waals surface area contributed by atoms with Gasteiger partial charge in [-0.25, -0.2) is 9.78 Å². The Balaban J connectivity index is 1.73. The molecule has 8 heteroatoms. The minimum atomic E-state index is -0.340. The molecule has 2 heterocycles. The second kappa shape index (κ2) is 9.12. The first-order valence-electron chi connectivity index (χ1n) is 10.7. The molecule has 2 aromatic heterocycles. The van der Waals surface area contributed by atoms with E-state index in [1.165, 1.54) is 0 Å². The van der Waals surface area contributed by atoms with Crippen molar-refractivity contribution in [3.8, 4) is 11.3 Å². The van der Waals surface area contributed by atoms with Gasteiger partial charge in [0.25, 0.3) is 5.91 Å². The standard InChI is InChI=1S/C25H26N6O2/c1-15(2)26-25(33)29-20-13-9-8-12-19(20)28-24(32)18-14-21(17-10-6-5-7-11-17)27-23-22(18)16(3)30-31(23)4/h5-15H,1-4H3,(H,28,32)(H2,26,29,33). The highest BCUT2D eigenvalue weighted by Gasteiger charge is 2.20. The number of nitrogens with one attached hydrogen (secondary N) is 3. The summed E-state index contributed by atoms with van der Waals surface area (Å²) in [4.78, 5) is 30.4. The Morgan fingerprint density at radius 2 is 1.58 bits per heavy atom. The molecule has 0 bridgehead atoms. The number of benzene rings is 2. The average molecular weight is 443 g/mol. The minimum Gasteiger partial charge on any atom is -0.336 e. The third-order valence-corrected chi connectivity index (χ3v) is 5.13. The minimum absolute atomic E-state index is 0.0122. The molecule has 0 aliphatic heterocycles. The number of rotatable bonds is 5. The third kappa shape index (κ3) is 4.69. The van der Waals surface area contributed by atoms with Gasteiger partial charge in [0.05, 0.1) is 33.7 Å². The average Bonchev–Trinajstić information content (AvgIpc) is 3.08. The van der Waals surface area contributed by atoms with E-state index in [0.29, 0.717) is 39.4 Å². The van der Waals surface area contributed by atoms with E-state index in [0.717, 1.165) is 5.56 Å². The molecule has 2 aromatic carbocycles. The van der Waals surface area contributed by atoms with Gasteiger partial charge in [-0.1, -0.05) is 42.5 Å². The molecule has 4 rings (SSSR count). The van der Waals surface area contributed by atoms with Crippen molar-refractivity contribution >= 4 is 34.3 Å². The molecule has 0 saturated heterocycles. The summed E-state index contributed by atoms with van der Waals surface area (Å²) in [5.74, 6) is -0.311. The zero-order valence-electron chi connectivity index (χ0n) is 19.0. The zero-order chi connectivity index (χ0) is 23.5. The molecular formula is C25H26N6O2. The predicted molar refractivity (Wildman–Crippen MR) is 130 cm³/mol. The van der Waals surface area contributed by atoms with Crippen LogP contribution in [0.2, 0.25) is 0 Å². The second-order valence-corrected chi connectivity index (χ2v) is 8.08. The molecule has 0 fully saturated rings. The summed E-state index contributed by atoms with van der Waals surface area (Å²) in [6.45, 7) is 5.61. The Morgan fingerprint density at radius 1 is 0.939 bits per heavy atom. The van der Waals surface area contributed by atoms with Crippen molar-refractivity contribution in [3.63, 3.8) is 0 Å². The van der Waals surface area contributed by atoms with E-state index in [9.17, 15) is 9.59 Å². The lowest BCUT2D eigenvalue weighted by Gasteiger charge is -2.15. The van der Waals surface area contributed by atoms with Gasteiger partial charge in [-0.05, 0) is 39.0 Å². The van der Waals surface area contributed by atoms with Crippen molar-refractivity contribution in [1.82, 2.24) is 20.1 Å². The number of para-hydroxylation sites is 2. The van der Waals surface area contributed by atoms with Crippen LogP contribution in [0.3, 0.4) is 0 Å². The molecule has 0 radical (unpaired) electrons. The molecule has 0 spiro atoms. The van der Waals surface area contributed by atoms with E-state index in [-0.39, 0.29) is 18.0 Å². The van der Waals surface area contributed by atoms with Gasteiger partial charge in [0, 0.05) is 18.7 Å². The molecule has 0 unspecified atom stereocenters. The molecule has 0 saturated carbocycles. The lowest BCUT2D eigenvalue weighted by Crippen LogP contribution is -2.34. The first kappa shape index (κ1) is 22.0. The number of hydrogen-bond donors (Lipinski definition) is 3. The molecule has 0 aliphatic carbocycles. The Labute approximate surface area is 192 Å². The third-order valence-electron chi connectivity index (χ3n) is 5.13. The molecule has 0 aliphatic rings. The molecule has 8 nitrogen and oxygen atoms in total. The zero-order valence-corrected chi connectivity index (χ0v) is 19.0. The Kier molecular flexibility index (Phi) is 6.08. The van der Waals surface area contributed by atoms with Crippen LogP contribution in [0.15, 0.2) is 60.7 Å². The number of aromatic nitrogens is 3. The molecular weight excluding hydrogens is 416 g/mol. The highest BCUT2D eigenvalue weighted by molar-refractivity contribution is 6.14. The van der Waals surface area contributed by atoms with Gasteiger partial charge >= 0.3 is 6.03 Å². The van der Waals surface area contributed by atoms with Gasteiger partial charge in [-0.2, -0.15) is 5.10 Å². The Hall–Kier alpha value is -4.20. The summed E-state index contributed by atoms with van der Waals surface area (Å²) in [6, 6.07) is 18.2. The van der Waals surface area contributed by atoms with Gasteiger partial charge < -0.3 is 16.0 Å². The maximum absolute atomic E-state index is 13.5. The monoisotopic (exact) mass is 442 g/mol. The molecule has 33 heavy (non-hydrogen) atoms. The van der Waals surface area contributed by atoms with Crippen molar-refractivity contribution < 1.29 is 9.59 Å². The largest absolute Gasteiger partial charge is 0.336 e. The number of hydrogen-bond acceptors (Lipinski definition) is 4. The predicted octanol–water partition coefficient (Wildman–Crippen LogP) is 4.73. The SMILES string of the molecule is Cc1nn(C)c2nc(-c3ccccc3)cc(C(=O)Nc3ccccc3NC(=O)NC(C)C)c12. The lowest BCUT2D eigenvalue weighted by atomic mass is 10.0. The fourth-order valence-electron chi connectivity index (χ4n) is 3.69. The molecule has 3 amide bonds. The van der Waals surface area contributed by atoms with Crippen molar-refractivity contribution in [2.24, 2.45) is 7.05 Å². The number of aryl methyl sites for hydroxylation is 2. The summed E-state index contributed by atoms with van der Waals surface area (Å²) in [5, 5.41) is 13.7. The number of carbonyl (C=O) groups is 2. The van der Waals surface area contributed by atoms with Crippen LogP contribution in [0.1, 0.15) is 29.9 Å². The van der Waals surface area contributed by atoms with Crippen LogP contribution in [0.5, 0.6) is 0 Å². The summed E-state index contributed by atoms with van der Waals surface area (Å²) in [7, 11) is 1.81. The van der Waals surface area contributed by atoms with Crippen molar-refractivity contribution in [2.45, 2.75) is 26.8 Å². The van der Waals surface area contributed by atoms with E-state index in [2.05, 4.69) is 21.0 Å². The topological polar surface area (TPSA) is 101 Å². The number of fused-ring (bicyclic) bond motifs is 1. The van der Waals surface area contributed by atoms with E-state index in [1.807, 2.05) is 58.2 Å². The maximum atomic E-state index is 13.5. The molecule has 4 aromatic rings. The first-order valence-corrected chi connectivity index (χ1v) is 10.7. The van der Waals surface area contributed by atoms with E-state index in [4.69, 9.17) is 4.98 Å². The van der Waals surface area contributed by atoms with E-state index >= 15 is 0 Å². The van der Waals surface area contributed by atoms with Gasteiger partial charge in [0.2, 0.25) is 0 Å². The van der Waals surface area contributed by atoms with Gasteiger partial charge in [-0.3, -0.25) is 9.48 Å². The van der Waals surface area contributed by atoms with Gasteiger partial charge in [0.1, 0.15) is 0 Å². The Morgan fingerprint density at radius 3 is 2.24 bits per heavy atom. The molecule has 0 atom stereocenters. The van der Waals surface area contributed by atoms with Crippen LogP contribution in [0.4, 0.5) is 16.2 Å². The van der Waals surface area contributed by atoms with Crippen LogP contribution in [0.25, 0.3) is 22.3 Å². The fourth-order valence-corrected chi connectivity index (χ4v) is 3.69. The second-order valence-electron chi connectivity index (χ2n) is 8.08. The van der Waals surface area contributed by atoms with Gasteiger partial charge in [-0.15, -0.1) is 0 Å². The van der Waals surface area contributed by atoms with Crippen LogP contribution in [-0.2, 0) is 7.05 Å². The summed E-state index contributed by atoms with van der Waals surface area (Å²) in [5.41, 5.74) is 4.38. The number of anilines is 2. The summed E-state index contributed by atoms with van der Waals surface area (Å²) < 4.78 is 1.68.